The number of rotatable bonds is 5. The Balaban J connectivity index is 1.53. The van der Waals surface area contributed by atoms with Gasteiger partial charge in [0.15, 0.2) is 4.80 Å². The summed E-state index contributed by atoms with van der Waals surface area (Å²) in [6, 6.07) is 23.0. The van der Waals surface area contributed by atoms with E-state index in [0.717, 1.165) is 53.0 Å². The van der Waals surface area contributed by atoms with Crippen molar-refractivity contribution in [3.05, 3.63) is 132 Å². The maximum atomic E-state index is 13.9. The summed E-state index contributed by atoms with van der Waals surface area (Å²) in [6.07, 6.45) is 6.91. The van der Waals surface area contributed by atoms with Crippen LogP contribution in [0.3, 0.4) is 0 Å². The number of benzene rings is 3. The molecule has 2 heterocycles. The molecule has 0 fully saturated rings. The number of allylic oxidation sites excluding steroid dienone is 2. The molecule has 4 aromatic rings. The first-order valence-corrected chi connectivity index (χ1v) is 14.7. The molecule has 0 amide bonds. The lowest BCUT2D eigenvalue weighted by molar-refractivity contribution is 0.553. The molecule has 5 nitrogen and oxygen atoms in total. The Morgan fingerprint density at radius 3 is 2.05 bits per heavy atom. The van der Waals surface area contributed by atoms with E-state index in [1.54, 1.807) is 12.1 Å². The van der Waals surface area contributed by atoms with Crippen molar-refractivity contribution in [2.24, 2.45) is 4.99 Å². The number of fused-ring (bicyclic) bond motifs is 1. The van der Waals surface area contributed by atoms with Crippen LogP contribution in [0.1, 0.15) is 42.0 Å². The molecule has 6 rings (SSSR count). The predicted octanol–water partition coefficient (Wildman–Crippen LogP) is 5.75. The Morgan fingerprint density at radius 2 is 1.41 bits per heavy atom. The molecule has 0 N–H and O–H groups in total. The minimum absolute atomic E-state index is 0.0679. The summed E-state index contributed by atoms with van der Waals surface area (Å²) in [6.45, 7) is 0. The van der Waals surface area contributed by atoms with Crippen molar-refractivity contribution < 1.29 is 4.39 Å². The number of nitrogens with zero attached hydrogens (tertiary/aromatic N) is 4. The number of anilines is 2. The topological polar surface area (TPSA) is 40.8 Å². The van der Waals surface area contributed by atoms with Gasteiger partial charge >= 0.3 is 0 Å². The molecule has 0 spiro atoms. The first-order chi connectivity index (χ1) is 19.8. The van der Waals surface area contributed by atoms with E-state index in [2.05, 4.69) is 64.4 Å². The maximum Gasteiger partial charge on any atom is 0.271 e. The Hall–Kier alpha value is -4.23. The first-order valence-electron chi connectivity index (χ1n) is 13.8. The Bertz CT molecular complexity index is 1830. The van der Waals surface area contributed by atoms with Gasteiger partial charge in [-0.3, -0.25) is 9.36 Å². The van der Waals surface area contributed by atoms with Crippen LogP contribution in [0, 0.1) is 5.82 Å². The molecule has 3 aromatic carbocycles. The van der Waals surface area contributed by atoms with Crippen molar-refractivity contribution >= 4 is 34.9 Å². The quantitative estimate of drug-likeness (QED) is 0.310. The summed E-state index contributed by atoms with van der Waals surface area (Å²) >= 11 is 1.40. The largest absolute Gasteiger partial charge is 0.378 e. The molecule has 0 bridgehead atoms. The van der Waals surface area contributed by atoms with Gasteiger partial charge in [0.2, 0.25) is 0 Å². The molecular formula is C34H33FN4OS. The van der Waals surface area contributed by atoms with Crippen molar-refractivity contribution in [3.63, 3.8) is 0 Å². The van der Waals surface area contributed by atoms with Crippen LogP contribution in [0.4, 0.5) is 15.8 Å². The van der Waals surface area contributed by atoms with E-state index < -0.39 is 0 Å². The molecule has 1 aliphatic carbocycles. The van der Waals surface area contributed by atoms with Crippen LogP contribution in [0.25, 0.3) is 12.2 Å². The number of thiazole rings is 1. The molecule has 2 aliphatic rings. The summed E-state index contributed by atoms with van der Waals surface area (Å²) in [5.41, 5.74) is 8.59. The zero-order chi connectivity index (χ0) is 28.7. The highest BCUT2D eigenvalue weighted by molar-refractivity contribution is 7.07. The van der Waals surface area contributed by atoms with Crippen LogP contribution in [0.5, 0.6) is 0 Å². The van der Waals surface area contributed by atoms with Crippen molar-refractivity contribution in [1.82, 2.24) is 4.57 Å². The standard InChI is InChI=1S/C34H33FN4OS/c1-37(2)27-16-10-22(11-17-27)20-25-6-5-7-29-31(25)36-34-39(32(29)24-12-18-28(19-13-24)38(3)4)33(40)30(41-34)21-23-8-14-26(35)15-9-23/h8-21,32H,5-7H2,1-4H3. The fourth-order valence-electron chi connectivity index (χ4n) is 5.59. The lowest BCUT2D eigenvalue weighted by atomic mass is 9.83. The number of halogens is 1. The van der Waals surface area contributed by atoms with Gasteiger partial charge in [0.25, 0.3) is 5.56 Å². The molecule has 7 heteroatoms. The number of hydrogen-bond acceptors (Lipinski definition) is 5. The van der Waals surface area contributed by atoms with Gasteiger partial charge in [-0.1, -0.05) is 47.7 Å². The maximum absolute atomic E-state index is 13.9. The minimum atomic E-state index is -0.298. The van der Waals surface area contributed by atoms with Crippen molar-refractivity contribution in [1.29, 1.82) is 0 Å². The predicted molar refractivity (Wildman–Crippen MR) is 168 cm³/mol. The van der Waals surface area contributed by atoms with Crippen LogP contribution in [0.15, 0.2) is 99.4 Å². The van der Waals surface area contributed by atoms with Gasteiger partial charge in [-0.05, 0) is 95.6 Å². The molecule has 0 saturated heterocycles. The van der Waals surface area contributed by atoms with Crippen LogP contribution in [0.2, 0.25) is 0 Å². The fraction of sp³-hybridized carbons (Fsp3) is 0.235. The zero-order valence-electron chi connectivity index (χ0n) is 23.8. The summed E-state index contributed by atoms with van der Waals surface area (Å²) in [5.74, 6) is -0.298. The summed E-state index contributed by atoms with van der Waals surface area (Å²) in [5, 5.41) is 0. The average molecular weight is 565 g/mol. The van der Waals surface area contributed by atoms with E-state index in [1.807, 2.05) is 38.8 Å². The van der Waals surface area contributed by atoms with Crippen LogP contribution in [-0.2, 0) is 0 Å². The molecule has 1 aliphatic heterocycles. The average Bonchev–Trinajstić information content (AvgIpc) is 3.28. The van der Waals surface area contributed by atoms with Gasteiger partial charge in [-0.25, -0.2) is 9.38 Å². The number of aromatic nitrogens is 1. The van der Waals surface area contributed by atoms with E-state index in [-0.39, 0.29) is 17.4 Å². The van der Waals surface area contributed by atoms with Crippen LogP contribution < -0.4 is 24.7 Å². The Morgan fingerprint density at radius 1 is 0.829 bits per heavy atom. The van der Waals surface area contributed by atoms with Gasteiger partial charge in [-0.2, -0.15) is 0 Å². The first kappa shape index (κ1) is 27.0. The second-order valence-corrected chi connectivity index (χ2v) is 12.0. The molecule has 41 heavy (non-hydrogen) atoms. The summed E-state index contributed by atoms with van der Waals surface area (Å²) < 4.78 is 16.0. The molecule has 0 radical (unpaired) electrons. The minimum Gasteiger partial charge on any atom is -0.378 e. The van der Waals surface area contributed by atoms with E-state index >= 15 is 0 Å². The van der Waals surface area contributed by atoms with Gasteiger partial charge < -0.3 is 9.80 Å². The van der Waals surface area contributed by atoms with Gasteiger partial charge in [0.1, 0.15) is 5.82 Å². The monoisotopic (exact) mass is 564 g/mol. The summed E-state index contributed by atoms with van der Waals surface area (Å²) in [7, 11) is 8.13. The molecule has 208 valence electrons. The Kier molecular flexibility index (Phi) is 7.22. The van der Waals surface area contributed by atoms with Crippen LogP contribution >= 0.6 is 11.3 Å². The van der Waals surface area contributed by atoms with Gasteiger partial charge in [0.05, 0.1) is 16.3 Å². The van der Waals surface area contributed by atoms with E-state index in [4.69, 9.17) is 4.99 Å². The third-order valence-electron chi connectivity index (χ3n) is 7.78. The summed E-state index contributed by atoms with van der Waals surface area (Å²) in [4.78, 5) is 23.9. The fourth-order valence-corrected chi connectivity index (χ4v) is 6.59. The lowest BCUT2D eigenvalue weighted by Crippen LogP contribution is -2.39. The van der Waals surface area contributed by atoms with Crippen molar-refractivity contribution in [2.75, 3.05) is 38.0 Å². The number of hydrogen-bond donors (Lipinski definition) is 0. The van der Waals surface area contributed by atoms with E-state index in [9.17, 15) is 9.18 Å². The molecule has 1 aromatic heterocycles. The molecular weight excluding hydrogens is 531 g/mol. The van der Waals surface area contributed by atoms with Crippen molar-refractivity contribution in [3.8, 4) is 0 Å². The zero-order valence-corrected chi connectivity index (χ0v) is 24.6. The third kappa shape index (κ3) is 5.30. The third-order valence-corrected chi connectivity index (χ3v) is 8.76. The molecule has 1 atom stereocenters. The van der Waals surface area contributed by atoms with Crippen molar-refractivity contribution in [2.45, 2.75) is 25.3 Å². The van der Waals surface area contributed by atoms with E-state index in [1.165, 1.54) is 34.6 Å². The molecule has 0 saturated carbocycles. The second-order valence-electron chi connectivity index (χ2n) is 11.0. The van der Waals surface area contributed by atoms with Crippen LogP contribution in [-0.4, -0.2) is 32.8 Å². The highest BCUT2D eigenvalue weighted by Crippen LogP contribution is 2.41. The molecule has 1 unspecified atom stereocenters. The smallest absolute Gasteiger partial charge is 0.271 e. The lowest BCUT2D eigenvalue weighted by Gasteiger charge is -2.31. The normalized spacial score (nSPS) is 17.7. The second kappa shape index (κ2) is 11.0. The highest BCUT2D eigenvalue weighted by atomic mass is 32.1. The Labute approximate surface area is 243 Å². The SMILES string of the molecule is CN(C)c1ccc(C=C2CCCC3=C2N=c2sc(=Cc4ccc(F)cc4)c(=O)n2C3c2ccc(N(C)C)cc2)cc1. The van der Waals surface area contributed by atoms with Gasteiger partial charge in [0, 0.05) is 39.6 Å². The van der Waals surface area contributed by atoms with Gasteiger partial charge in [-0.15, -0.1) is 0 Å². The highest BCUT2D eigenvalue weighted by Gasteiger charge is 2.32. The van der Waals surface area contributed by atoms with E-state index in [0.29, 0.717) is 9.33 Å².